The van der Waals surface area contributed by atoms with Gasteiger partial charge in [-0.05, 0) is 24.8 Å². The first-order chi connectivity index (χ1) is 7.79. The van der Waals surface area contributed by atoms with E-state index in [9.17, 15) is 18.0 Å². The summed E-state index contributed by atoms with van der Waals surface area (Å²) in [7, 11) is 0. The van der Waals surface area contributed by atoms with E-state index >= 15 is 0 Å². The second-order valence-electron chi connectivity index (χ2n) is 3.00. The van der Waals surface area contributed by atoms with Crippen LogP contribution in [0.3, 0.4) is 0 Å². The lowest BCUT2D eigenvalue weighted by molar-refractivity contribution is -0.0329. The summed E-state index contributed by atoms with van der Waals surface area (Å²) in [4.78, 5) is 11.5. The average Bonchev–Trinajstić information content (AvgIpc) is 2.53. The summed E-state index contributed by atoms with van der Waals surface area (Å²) >= 11 is 0.837. The highest BCUT2D eigenvalue weighted by Crippen LogP contribution is 2.31. The molecule has 0 unspecified atom stereocenters. The number of hydrogen-bond donors (Lipinski definition) is 1. The van der Waals surface area contributed by atoms with Crippen LogP contribution in [0.5, 0.6) is 5.75 Å². The summed E-state index contributed by atoms with van der Waals surface area (Å²) in [6.07, 6.45) is 0. The second-order valence-corrected chi connectivity index (χ2v) is 5.41. The normalized spacial score (nSPS) is 11.5. The summed E-state index contributed by atoms with van der Waals surface area (Å²) in [5, 5.41) is 8.81. The first-order valence-electron chi connectivity index (χ1n) is 4.47. The van der Waals surface area contributed by atoms with Crippen LogP contribution >= 0.6 is 23.1 Å². The van der Waals surface area contributed by atoms with Crippen LogP contribution in [0.15, 0.2) is 6.07 Å². The van der Waals surface area contributed by atoms with E-state index in [1.807, 2.05) is 0 Å². The molecule has 0 saturated heterocycles. The molecule has 96 valence electrons. The third kappa shape index (κ3) is 4.86. The molecule has 8 heteroatoms. The molecule has 1 rings (SSSR count). The van der Waals surface area contributed by atoms with Crippen molar-refractivity contribution in [3.8, 4) is 5.75 Å². The van der Waals surface area contributed by atoms with Crippen molar-refractivity contribution < 1.29 is 27.8 Å². The van der Waals surface area contributed by atoms with E-state index < -0.39 is 11.5 Å². The van der Waals surface area contributed by atoms with Crippen molar-refractivity contribution in [1.29, 1.82) is 0 Å². The van der Waals surface area contributed by atoms with Crippen LogP contribution in [-0.2, 0) is 0 Å². The van der Waals surface area contributed by atoms with Gasteiger partial charge in [0.2, 0.25) is 0 Å². The van der Waals surface area contributed by atoms with Gasteiger partial charge < -0.3 is 9.84 Å². The van der Waals surface area contributed by atoms with E-state index in [-0.39, 0.29) is 34.7 Å². The minimum atomic E-state index is -4.29. The van der Waals surface area contributed by atoms with Gasteiger partial charge in [-0.25, -0.2) is 4.79 Å². The topological polar surface area (TPSA) is 46.5 Å². The zero-order valence-electron chi connectivity index (χ0n) is 8.71. The SMILES string of the molecule is Cc1cc(OCCSC(F)(F)F)c(C(=O)O)s1. The van der Waals surface area contributed by atoms with E-state index in [0.717, 1.165) is 16.2 Å². The number of thiophene rings is 1. The van der Waals surface area contributed by atoms with Crippen molar-refractivity contribution in [3.05, 3.63) is 15.8 Å². The highest BCUT2D eigenvalue weighted by Gasteiger charge is 2.27. The molecule has 0 fully saturated rings. The minimum Gasteiger partial charge on any atom is -0.491 e. The predicted molar refractivity (Wildman–Crippen MR) is 60.0 cm³/mol. The summed E-state index contributed by atoms with van der Waals surface area (Å²) in [5.74, 6) is -1.28. The standard InChI is InChI=1S/C9H9F3O3S2/c1-5-4-6(7(17-5)8(13)14)15-2-3-16-9(10,11)12/h4H,2-3H2,1H3,(H,13,14). The number of aromatic carboxylic acids is 1. The third-order valence-corrected chi connectivity index (χ3v) is 3.34. The molecule has 0 bridgehead atoms. The maximum absolute atomic E-state index is 11.8. The average molecular weight is 286 g/mol. The largest absolute Gasteiger partial charge is 0.491 e. The smallest absolute Gasteiger partial charge is 0.441 e. The van der Waals surface area contributed by atoms with Crippen molar-refractivity contribution >= 4 is 29.1 Å². The second kappa shape index (κ2) is 5.63. The summed E-state index contributed by atoms with van der Waals surface area (Å²) in [6.45, 7) is 1.52. The van der Waals surface area contributed by atoms with Gasteiger partial charge in [-0.3, -0.25) is 0 Å². The lowest BCUT2D eigenvalue weighted by atomic mass is 10.4. The Kier molecular flexibility index (Phi) is 4.70. The van der Waals surface area contributed by atoms with E-state index in [1.165, 1.54) is 6.07 Å². The summed E-state index contributed by atoms with van der Waals surface area (Å²) < 4.78 is 40.4. The van der Waals surface area contributed by atoms with Gasteiger partial charge in [0.1, 0.15) is 5.75 Å². The Balaban J connectivity index is 2.49. The number of hydrogen-bond acceptors (Lipinski definition) is 4. The molecular weight excluding hydrogens is 277 g/mol. The molecular formula is C9H9F3O3S2. The molecule has 1 N–H and O–H groups in total. The first kappa shape index (κ1) is 14.2. The van der Waals surface area contributed by atoms with Gasteiger partial charge in [0.15, 0.2) is 4.88 Å². The minimum absolute atomic E-state index is 0.0134. The Bertz CT molecular complexity index is 401. The highest BCUT2D eigenvalue weighted by atomic mass is 32.2. The molecule has 0 aliphatic rings. The van der Waals surface area contributed by atoms with Crippen LogP contribution in [0.25, 0.3) is 0 Å². The number of rotatable bonds is 5. The molecule has 0 atom stereocenters. The molecule has 0 radical (unpaired) electrons. The number of carboxylic acids is 1. The van der Waals surface area contributed by atoms with Gasteiger partial charge in [-0.1, -0.05) is 0 Å². The molecule has 1 heterocycles. The zero-order valence-corrected chi connectivity index (χ0v) is 10.3. The van der Waals surface area contributed by atoms with Crippen LogP contribution in [0.1, 0.15) is 14.5 Å². The lowest BCUT2D eigenvalue weighted by Crippen LogP contribution is -2.08. The number of thioether (sulfide) groups is 1. The maximum atomic E-state index is 11.8. The van der Waals surface area contributed by atoms with Gasteiger partial charge in [0.05, 0.1) is 6.61 Å². The zero-order chi connectivity index (χ0) is 13.1. The number of carbonyl (C=O) groups is 1. The van der Waals surface area contributed by atoms with Crippen LogP contribution in [0.4, 0.5) is 13.2 Å². The maximum Gasteiger partial charge on any atom is 0.441 e. The first-order valence-corrected chi connectivity index (χ1v) is 6.27. The van der Waals surface area contributed by atoms with E-state index in [4.69, 9.17) is 9.84 Å². The molecule has 0 spiro atoms. The fourth-order valence-corrected chi connectivity index (χ4v) is 2.25. The van der Waals surface area contributed by atoms with Gasteiger partial charge in [0.25, 0.3) is 0 Å². The Morgan fingerprint density at radius 2 is 2.24 bits per heavy atom. The van der Waals surface area contributed by atoms with Crippen molar-refractivity contribution in [3.63, 3.8) is 0 Å². The van der Waals surface area contributed by atoms with Crippen LogP contribution in [-0.4, -0.2) is 28.9 Å². The van der Waals surface area contributed by atoms with Gasteiger partial charge in [-0.2, -0.15) is 13.2 Å². The summed E-state index contributed by atoms with van der Waals surface area (Å²) in [6, 6.07) is 1.51. The Morgan fingerprint density at radius 3 is 2.76 bits per heavy atom. The number of ether oxygens (including phenoxy) is 1. The summed E-state index contributed by atoms with van der Waals surface area (Å²) in [5.41, 5.74) is -4.29. The monoisotopic (exact) mass is 286 g/mol. The number of carboxylic acid groups (broad SMARTS) is 1. The van der Waals surface area contributed by atoms with Crippen LogP contribution < -0.4 is 4.74 Å². The van der Waals surface area contributed by atoms with Gasteiger partial charge in [0, 0.05) is 10.6 Å². The van der Waals surface area contributed by atoms with E-state index in [2.05, 4.69) is 0 Å². The lowest BCUT2D eigenvalue weighted by Gasteiger charge is -2.07. The number of halogens is 3. The predicted octanol–water partition coefficient (Wildman–Crippen LogP) is 3.39. The van der Waals surface area contributed by atoms with Crippen molar-refractivity contribution in [2.75, 3.05) is 12.4 Å². The molecule has 3 nitrogen and oxygen atoms in total. The molecule has 0 amide bonds. The molecule has 1 aromatic heterocycles. The molecule has 0 aromatic carbocycles. The quantitative estimate of drug-likeness (QED) is 0.843. The molecule has 0 aliphatic heterocycles. The Hall–Kier alpha value is -0.890. The van der Waals surface area contributed by atoms with Gasteiger partial charge >= 0.3 is 11.5 Å². The van der Waals surface area contributed by atoms with E-state index in [0.29, 0.717) is 0 Å². The number of alkyl halides is 3. The van der Waals surface area contributed by atoms with Crippen LogP contribution in [0.2, 0.25) is 0 Å². The van der Waals surface area contributed by atoms with Crippen molar-refractivity contribution in [2.24, 2.45) is 0 Å². The van der Waals surface area contributed by atoms with Gasteiger partial charge in [-0.15, -0.1) is 11.3 Å². The highest BCUT2D eigenvalue weighted by molar-refractivity contribution is 8.00. The fraction of sp³-hybridized carbons (Fsp3) is 0.444. The van der Waals surface area contributed by atoms with E-state index in [1.54, 1.807) is 6.92 Å². The molecule has 0 aliphatic carbocycles. The molecule has 17 heavy (non-hydrogen) atoms. The third-order valence-electron chi connectivity index (χ3n) is 1.62. The van der Waals surface area contributed by atoms with Crippen molar-refractivity contribution in [1.82, 2.24) is 0 Å². The Labute approximate surface area is 104 Å². The number of aryl methyl sites for hydroxylation is 1. The Morgan fingerprint density at radius 1 is 1.59 bits per heavy atom. The van der Waals surface area contributed by atoms with Crippen LogP contribution in [0, 0.1) is 6.92 Å². The fourth-order valence-electron chi connectivity index (χ4n) is 1.06. The van der Waals surface area contributed by atoms with Crippen molar-refractivity contribution in [2.45, 2.75) is 12.4 Å². The molecule has 1 aromatic rings. The molecule has 0 saturated carbocycles.